The van der Waals surface area contributed by atoms with Crippen LogP contribution in [0.25, 0.3) is 11.4 Å². The van der Waals surface area contributed by atoms with Gasteiger partial charge >= 0.3 is 0 Å². The molecule has 3 aromatic rings. The molecular formula is C28H34N4O4. The highest BCUT2D eigenvalue weighted by Crippen LogP contribution is 2.25. The number of hydrogen-bond acceptors (Lipinski definition) is 6. The van der Waals surface area contributed by atoms with E-state index in [-0.39, 0.29) is 11.8 Å². The molecule has 2 aromatic carbocycles. The van der Waals surface area contributed by atoms with Gasteiger partial charge in [0.15, 0.2) is 0 Å². The Labute approximate surface area is 212 Å². The number of carbonyl (C=O) groups excluding carboxylic acids is 2. The summed E-state index contributed by atoms with van der Waals surface area (Å²) in [5, 5.41) is 7.00. The number of rotatable bonds is 8. The molecule has 4 rings (SSSR count). The van der Waals surface area contributed by atoms with E-state index in [1.807, 2.05) is 48.2 Å². The number of aromatic nitrogens is 2. The molecule has 8 heteroatoms. The Bertz CT molecular complexity index is 1190. The van der Waals surface area contributed by atoms with Gasteiger partial charge in [-0.25, -0.2) is 0 Å². The number of methoxy groups -OCH3 is 1. The van der Waals surface area contributed by atoms with Crippen molar-refractivity contribution in [2.75, 3.05) is 25.5 Å². The first-order valence-corrected chi connectivity index (χ1v) is 12.5. The number of piperidine rings is 1. The molecule has 1 aromatic heterocycles. The maximum atomic E-state index is 13.1. The van der Waals surface area contributed by atoms with Crippen LogP contribution in [0.4, 0.5) is 5.69 Å². The standard InChI is InChI=1S/C28H34N4O4/c1-18-14-19(2)17-32(16-18)28(34)22-9-8-20(3)24(15-22)29-25(33)6-5-7-26-30-27(31-36-26)21-10-12-23(35-4)13-11-21/h8-13,15,18-19H,5-7,14,16-17H2,1-4H3,(H,29,33). The molecule has 8 nitrogen and oxygen atoms in total. The molecule has 2 heterocycles. The first-order chi connectivity index (χ1) is 17.3. The van der Waals surface area contributed by atoms with Crippen LogP contribution in [0.15, 0.2) is 47.0 Å². The Morgan fingerprint density at radius 1 is 1.11 bits per heavy atom. The molecule has 1 saturated heterocycles. The zero-order chi connectivity index (χ0) is 25.7. The summed E-state index contributed by atoms with van der Waals surface area (Å²) in [6, 6.07) is 12.9. The molecular weight excluding hydrogens is 456 g/mol. The van der Waals surface area contributed by atoms with Crippen molar-refractivity contribution in [3.05, 3.63) is 59.5 Å². The van der Waals surface area contributed by atoms with Crippen molar-refractivity contribution >= 4 is 17.5 Å². The predicted octanol–water partition coefficient (Wildman–Crippen LogP) is 5.13. The van der Waals surface area contributed by atoms with Crippen LogP contribution in [0.2, 0.25) is 0 Å². The van der Waals surface area contributed by atoms with E-state index in [1.165, 1.54) is 0 Å². The number of aryl methyl sites for hydroxylation is 2. The monoisotopic (exact) mass is 490 g/mol. The number of hydrogen-bond donors (Lipinski definition) is 1. The van der Waals surface area contributed by atoms with Gasteiger partial charge in [0.1, 0.15) is 5.75 Å². The Morgan fingerprint density at radius 2 is 1.83 bits per heavy atom. The molecule has 1 fully saturated rings. The fourth-order valence-electron chi connectivity index (χ4n) is 4.73. The summed E-state index contributed by atoms with van der Waals surface area (Å²) in [6.07, 6.45) is 2.51. The maximum Gasteiger partial charge on any atom is 0.253 e. The predicted molar refractivity (Wildman–Crippen MR) is 138 cm³/mol. The second kappa shape index (κ2) is 11.4. The Morgan fingerprint density at radius 3 is 2.53 bits per heavy atom. The van der Waals surface area contributed by atoms with Crippen LogP contribution >= 0.6 is 0 Å². The summed E-state index contributed by atoms with van der Waals surface area (Å²) >= 11 is 0. The van der Waals surface area contributed by atoms with Gasteiger partial charge in [-0.1, -0.05) is 25.1 Å². The molecule has 36 heavy (non-hydrogen) atoms. The highest BCUT2D eigenvalue weighted by Gasteiger charge is 2.26. The van der Waals surface area contributed by atoms with E-state index in [0.29, 0.717) is 54.1 Å². The first-order valence-electron chi connectivity index (χ1n) is 12.5. The average Bonchev–Trinajstić information content (AvgIpc) is 3.33. The molecule has 0 aliphatic carbocycles. The van der Waals surface area contributed by atoms with Crippen LogP contribution in [-0.4, -0.2) is 47.1 Å². The van der Waals surface area contributed by atoms with Crippen molar-refractivity contribution in [1.29, 1.82) is 0 Å². The molecule has 0 bridgehead atoms. The van der Waals surface area contributed by atoms with E-state index in [0.717, 1.165) is 36.4 Å². The van der Waals surface area contributed by atoms with Gasteiger partial charge in [0, 0.05) is 42.7 Å². The molecule has 1 N–H and O–H groups in total. The minimum Gasteiger partial charge on any atom is -0.497 e. The highest BCUT2D eigenvalue weighted by molar-refractivity contribution is 5.97. The van der Waals surface area contributed by atoms with Crippen molar-refractivity contribution in [3.63, 3.8) is 0 Å². The number of carbonyl (C=O) groups is 2. The van der Waals surface area contributed by atoms with Gasteiger partial charge in [-0.05, 0) is 73.6 Å². The second-order valence-corrected chi connectivity index (χ2v) is 9.83. The van der Waals surface area contributed by atoms with Crippen molar-refractivity contribution in [1.82, 2.24) is 15.0 Å². The quantitative estimate of drug-likeness (QED) is 0.470. The normalized spacial score (nSPS) is 17.6. The first kappa shape index (κ1) is 25.4. The lowest BCUT2D eigenvalue weighted by Gasteiger charge is -2.35. The van der Waals surface area contributed by atoms with Crippen LogP contribution in [-0.2, 0) is 11.2 Å². The minimum atomic E-state index is -0.113. The largest absolute Gasteiger partial charge is 0.497 e. The third kappa shape index (κ3) is 6.30. The van der Waals surface area contributed by atoms with Crippen LogP contribution < -0.4 is 10.1 Å². The molecule has 2 atom stereocenters. The van der Waals surface area contributed by atoms with Crippen LogP contribution in [0.1, 0.15) is 54.9 Å². The summed E-state index contributed by atoms with van der Waals surface area (Å²) in [4.78, 5) is 32.1. The molecule has 0 saturated carbocycles. The molecule has 0 radical (unpaired) electrons. The number of anilines is 1. The van der Waals surface area contributed by atoms with Gasteiger partial charge in [-0.15, -0.1) is 0 Å². The minimum absolute atomic E-state index is 0.0213. The molecule has 0 spiro atoms. The third-order valence-electron chi connectivity index (χ3n) is 6.53. The van der Waals surface area contributed by atoms with E-state index in [4.69, 9.17) is 9.26 Å². The third-order valence-corrected chi connectivity index (χ3v) is 6.53. The maximum absolute atomic E-state index is 13.1. The highest BCUT2D eigenvalue weighted by atomic mass is 16.5. The van der Waals surface area contributed by atoms with Crippen molar-refractivity contribution in [2.24, 2.45) is 11.8 Å². The van der Waals surface area contributed by atoms with E-state index < -0.39 is 0 Å². The van der Waals surface area contributed by atoms with Gasteiger partial charge in [0.25, 0.3) is 5.91 Å². The summed E-state index contributed by atoms with van der Waals surface area (Å²) in [5.41, 5.74) is 3.03. The molecule has 2 amide bonds. The van der Waals surface area contributed by atoms with E-state index in [2.05, 4.69) is 29.3 Å². The van der Waals surface area contributed by atoms with Gasteiger partial charge in [0.2, 0.25) is 17.6 Å². The Hall–Kier alpha value is -3.68. The van der Waals surface area contributed by atoms with Crippen molar-refractivity contribution < 1.29 is 18.8 Å². The second-order valence-electron chi connectivity index (χ2n) is 9.83. The lowest BCUT2D eigenvalue weighted by Crippen LogP contribution is -2.42. The smallest absolute Gasteiger partial charge is 0.253 e. The molecule has 2 unspecified atom stereocenters. The lowest BCUT2D eigenvalue weighted by atomic mass is 9.91. The van der Waals surface area contributed by atoms with Gasteiger partial charge < -0.3 is 19.5 Å². The summed E-state index contributed by atoms with van der Waals surface area (Å²) in [6.45, 7) is 7.84. The zero-order valence-corrected chi connectivity index (χ0v) is 21.4. The van der Waals surface area contributed by atoms with E-state index in [9.17, 15) is 9.59 Å². The number of nitrogens with zero attached hydrogens (tertiary/aromatic N) is 3. The summed E-state index contributed by atoms with van der Waals surface area (Å²) < 4.78 is 10.5. The molecule has 190 valence electrons. The van der Waals surface area contributed by atoms with Crippen molar-refractivity contribution in [2.45, 2.75) is 46.5 Å². The van der Waals surface area contributed by atoms with Gasteiger partial charge in [-0.3, -0.25) is 9.59 Å². The SMILES string of the molecule is COc1ccc(-c2noc(CCCC(=O)Nc3cc(C(=O)N4CC(C)CC(C)C4)ccc3C)n2)cc1. The Kier molecular flexibility index (Phi) is 8.03. The van der Waals surface area contributed by atoms with Crippen molar-refractivity contribution in [3.8, 4) is 17.1 Å². The molecule has 1 aliphatic rings. The van der Waals surface area contributed by atoms with Crippen LogP contribution in [0.5, 0.6) is 5.75 Å². The van der Waals surface area contributed by atoms with E-state index >= 15 is 0 Å². The van der Waals surface area contributed by atoms with Crippen LogP contribution in [0, 0.1) is 18.8 Å². The topological polar surface area (TPSA) is 97.6 Å². The van der Waals surface area contributed by atoms with Gasteiger partial charge in [0.05, 0.1) is 7.11 Å². The number of likely N-dealkylation sites (tertiary alicyclic amines) is 1. The van der Waals surface area contributed by atoms with Crippen LogP contribution in [0.3, 0.4) is 0 Å². The van der Waals surface area contributed by atoms with E-state index in [1.54, 1.807) is 13.2 Å². The number of amides is 2. The Balaban J connectivity index is 1.30. The number of benzene rings is 2. The average molecular weight is 491 g/mol. The fraction of sp³-hybridized carbons (Fsp3) is 0.429. The zero-order valence-electron chi connectivity index (χ0n) is 21.4. The number of ether oxygens (including phenoxy) is 1. The summed E-state index contributed by atoms with van der Waals surface area (Å²) in [7, 11) is 1.62. The van der Waals surface area contributed by atoms with Gasteiger partial charge in [-0.2, -0.15) is 4.98 Å². The molecule has 1 aliphatic heterocycles. The summed E-state index contributed by atoms with van der Waals surface area (Å²) in [5.74, 6) is 2.65. The fourth-order valence-corrected chi connectivity index (χ4v) is 4.73. The number of nitrogens with one attached hydrogen (secondary N) is 1. The lowest BCUT2D eigenvalue weighted by molar-refractivity contribution is -0.116.